The van der Waals surface area contributed by atoms with Crippen LogP contribution in [0, 0.1) is 0 Å². The number of nitrogens with zero attached hydrogens (tertiary/aromatic N) is 4. The van der Waals surface area contributed by atoms with Gasteiger partial charge >= 0.3 is 0 Å². The monoisotopic (exact) mass is 396 g/mol. The highest BCUT2D eigenvalue weighted by molar-refractivity contribution is 5.93. The van der Waals surface area contributed by atoms with Gasteiger partial charge in [-0.05, 0) is 49.9 Å². The maximum Gasteiger partial charge on any atom is 0.289 e. The fourth-order valence-electron chi connectivity index (χ4n) is 4.26. The molecule has 7 nitrogen and oxygen atoms in total. The third-order valence-corrected chi connectivity index (χ3v) is 5.99. The van der Waals surface area contributed by atoms with Crippen LogP contribution in [0.25, 0.3) is 0 Å². The molecular weight excluding hydrogens is 368 g/mol. The zero-order chi connectivity index (χ0) is 20.2. The number of hydrogen-bond acceptors (Lipinski definition) is 5. The molecule has 29 heavy (non-hydrogen) atoms. The van der Waals surface area contributed by atoms with E-state index in [9.17, 15) is 9.59 Å². The summed E-state index contributed by atoms with van der Waals surface area (Å²) in [6.45, 7) is 5.69. The molecule has 2 aromatic rings. The van der Waals surface area contributed by atoms with E-state index in [1.165, 1.54) is 12.7 Å². The lowest BCUT2D eigenvalue weighted by molar-refractivity contribution is 0.0601. The van der Waals surface area contributed by atoms with Crippen LogP contribution >= 0.6 is 0 Å². The van der Waals surface area contributed by atoms with Crippen molar-refractivity contribution in [3.05, 3.63) is 48.2 Å². The molecule has 0 bridgehead atoms. The van der Waals surface area contributed by atoms with E-state index < -0.39 is 0 Å². The number of piperazine rings is 1. The molecule has 0 spiro atoms. The molecule has 2 fully saturated rings. The lowest BCUT2D eigenvalue weighted by Gasteiger charge is -2.36. The minimum Gasteiger partial charge on any atom is -0.459 e. The van der Waals surface area contributed by atoms with Gasteiger partial charge in [0.25, 0.3) is 11.8 Å². The van der Waals surface area contributed by atoms with E-state index in [-0.39, 0.29) is 11.8 Å². The SMILES string of the molecule is CCC1CCCCN1C(=O)c1ccc(N2CCN(C(=O)c3ccco3)CC2)cn1. The number of carbonyl (C=O) groups is 2. The standard InChI is InChI=1S/C22H28N4O3/c1-2-17-6-3-4-10-26(17)21(27)19-9-8-18(16-23-19)24-11-13-25(14-12-24)22(28)20-7-5-15-29-20/h5,7-9,15-17H,2-4,6,10-14H2,1H3. The van der Waals surface area contributed by atoms with E-state index in [4.69, 9.17) is 4.42 Å². The summed E-state index contributed by atoms with van der Waals surface area (Å²) in [5.41, 5.74) is 1.50. The van der Waals surface area contributed by atoms with Crippen molar-refractivity contribution in [1.82, 2.24) is 14.8 Å². The van der Waals surface area contributed by atoms with Gasteiger partial charge in [-0.25, -0.2) is 4.98 Å². The number of carbonyl (C=O) groups excluding carboxylic acids is 2. The average molecular weight is 396 g/mol. The highest BCUT2D eigenvalue weighted by Gasteiger charge is 2.27. The van der Waals surface area contributed by atoms with E-state index in [0.29, 0.717) is 30.6 Å². The molecule has 0 radical (unpaired) electrons. The number of rotatable bonds is 4. The lowest BCUT2D eigenvalue weighted by Crippen LogP contribution is -2.48. The summed E-state index contributed by atoms with van der Waals surface area (Å²) < 4.78 is 5.21. The molecule has 0 N–H and O–H groups in total. The van der Waals surface area contributed by atoms with Gasteiger partial charge in [-0.1, -0.05) is 6.92 Å². The fraction of sp³-hybridized carbons (Fsp3) is 0.500. The highest BCUT2D eigenvalue weighted by Crippen LogP contribution is 2.22. The Bertz CT molecular complexity index is 826. The second kappa shape index (κ2) is 8.68. The summed E-state index contributed by atoms with van der Waals surface area (Å²) in [6, 6.07) is 7.55. The van der Waals surface area contributed by atoms with Gasteiger partial charge in [-0.3, -0.25) is 9.59 Å². The first-order valence-electron chi connectivity index (χ1n) is 10.5. The number of furan rings is 1. The van der Waals surface area contributed by atoms with Crippen LogP contribution < -0.4 is 4.90 Å². The molecule has 154 valence electrons. The van der Waals surface area contributed by atoms with Gasteiger partial charge in [0, 0.05) is 38.8 Å². The predicted molar refractivity (Wildman–Crippen MR) is 110 cm³/mol. The molecule has 1 atom stereocenters. The number of aromatic nitrogens is 1. The van der Waals surface area contributed by atoms with E-state index in [1.54, 1.807) is 18.3 Å². The molecule has 1 unspecified atom stereocenters. The largest absolute Gasteiger partial charge is 0.459 e. The van der Waals surface area contributed by atoms with Crippen molar-refractivity contribution < 1.29 is 14.0 Å². The second-order valence-electron chi connectivity index (χ2n) is 7.71. The average Bonchev–Trinajstić information content (AvgIpc) is 3.33. The predicted octanol–water partition coefficient (Wildman–Crippen LogP) is 3.04. The van der Waals surface area contributed by atoms with E-state index in [1.807, 2.05) is 21.9 Å². The number of amides is 2. The first-order valence-corrected chi connectivity index (χ1v) is 10.5. The molecule has 4 rings (SSSR count). The van der Waals surface area contributed by atoms with Gasteiger partial charge in [0.05, 0.1) is 18.1 Å². The highest BCUT2D eigenvalue weighted by atomic mass is 16.3. The van der Waals surface area contributed by atoms with Crippen molar-refractivity contribution in [2.24, 2.45) is 0 Å². The van der Waals surface area contributed by atoms with Crippen LogP contribution in [0.3, 0.4) is 0 Å². The maximum absolute atomic E-state index is 12.9. The molecule has 0 saturated carbocycles. The van der Waals surface area contributed by atoms with Gasteiger partial charge < -0.3 is 19.1 Å². The van der Waals surface area contributed by atoms with E-state index in [2.05, 4.69) is 16.8 Å². The molecule has 0 aromatic carbocycles. The quantitative estimate of drug-likeness (QED) is 0.794. The molecule has 2 aliphatic rings. The Morgan fingerprint density at radius 2 is 1.90 bits per heavy atom. The number of piperidine rings is 1. The van der Waals surface area contributed by atoms with Crippen molar-refractivity contribution in [3.8, 4) is 0 Å². The molecule has 2 aromatic heterocycles. The molecule has 7 heteroatoms. The maximum atomic E-state index is 12.9. The minimum absolute atomic E-state index is 0.0389. The van der Waals surface area contributed by atoms with Gasteiger partial charge in [0.15, 0.2) is 5.76 Å². The molecular formula is C22H28N4O3. The van der Waals surface area contributed by atoms with Crippen LogP contribution in [0.4, 0.5) is 5.69 Å². The first kappa shape index (κ1) is 19.5. The summed E-state index contributed by atoms with van der Waals surface area (Å²) >= 11 is 0. The third-order valence-electron chi connectivity index (χ3n) is 5.99. The normalized spacial score (nSPS) is 20.0. The molecule has 2 amide bonds. The molecule has 0 aliphatic carbocycles. The first-order chi connectivity index (χ1) is 14.2. The summed E-state index contributed by atoms with van der Waals surface area (Å²) in [5.74, 6) is 0.351. The van der Waals surface area contributed by atoms with Gasteiger partial charge in [-0.2, -0.15) is 0 Å². The Balaban J connectivity index is 1.36. The van der Waals surface area contributed by atoms with Crippen LogP contribution in [0.15, 0.2) is 41.1 Å². The summed E-state index contributed by atoms with van der Waals surface area (Å²) in [7, 11) is 0. The van der Waals surface area contributed by atoms with Gasteiger partial charge in [0.1, 0.15) is 5.69 Å². The summed E-state index contributed by atoms with van der Waals surface area (Å²) in [6.07, 6.45) is 7.64. The number of pyridine rings is 1. The third kappa shape index (κ3) is 4.13. The van der Waals surface area contributed by atoms with Crippen molar-refractivity contribution in [3.63, 3.8) is 0 Å². The minimum atomic E-state index is -0.0688. The Morgan fingerprint density at radius 1 is 1.07 bits per heavy atom. The van der Waals surface area contributed by atoms with E-state index in [0.717, 1.165) is 44.6 Å². The van der Waals surface area contributed by atoms with Gasteiger partial charge in [0.2, 0.25) is 0 Å². The van der Waals surface area contributed by atoms with Crippen LogP contribution in [-0.4, -0.2) is 65.4 Å². The molecule has 2 saturated heterocycles. The van der Waals surface area contributed by atoms with E-state index >= 15 is 0 Å². The summed E-state index contributed by atoms with van der Waals surface area (Å²) in [5, 5.41) is 0. The molecule has 2 aliphatic heterocycles. The molecule has 4 heterocycles. The number of anilines is 1. The number of likely N-dealkylation sites (tertiary alicyclic amines) is 1. The van der Waals surface area contributed by atoms with Crippen LogP contribution in [-0.2, 0) is 0 Å². The number of hydrogen-bond donors (Lipinski definition) is 0. The van der Waals surface area contributed by atoms with Crippen molar-refractivity contribution in [1.29, 1.82) is 0 Å². The van der Waals surface area contributed by atoms with Crippen LogP contribution in [0.1, 0.15) is 53.7 Å². The van der Waals surface area contributed by atoms with Crippen molar-refractivity contribution >= 4 is 17.5 Å². The van der Waals surface area contributed by atoms with Crippen LogP contribution in [0.2, 0.25) is 0 Å². The second-order valence-corrected chi connectivity index (χ2v) is 7.71. The Labute approximate surface area is 171 Å². The zero-order valence-electron chi connectivity index (χ0n) is 16.9. The smallest absolute Gasteiger partial charge is 0.289 e. The van der Waals surface area contributed by atoms with Crippen LogP contribution in [0.5, 0.6) is 0 Å². The van der Waals surface area contributed by atoms with Gasteiger partial charge in [-0.15, -0.1) is 0 Å². The Kier molecular flexibility index (Phi) is 5.83. The topological polar surface area (TPSA) is 69.9 Å². The Morgan fingerprint density at radius 3 is 2.55 bits per heavy atom. The summed E-state index contributed by atoms with van der Waals surface area (Å²) in [4.78, 5) is 35.7. The fourth-order valence-corrected chi connectivity index (χ4v) is 4.26. The lowest BCUT2D eigenvalue weighted by atomic mass is 9.99. The zero-order valence-corrected chi connectivity index (χ0v) is 16.9. The van der Waals surface area contributed by atoms with Crippen molar-refractivity contribution in [2.45, 2.75) is 38.6 Å². The Hall–Kier alpha value is -2.83. The van der Waals surface area contributed by atoms with Crippen molar-refractivity contribution in [2.75, 3.05) is 37.6 Å².